The Bertz CT molecular complexity index is 1010. The number of aryl methyl sites for hydroxylation is 1. The number of halogens is 4. The molecule has 2 aromatic rings. The summed E-state index contributed by atoms with van der Waals surface area (Å²) in [5.41, 5.74) is -0.338. The smallest absolute Gasteiger partial charge is 0.381 e. The molecule has 0 spiro atoms. The Morgan fingerprint density at radius 1 is 1.06 bits per heavy atom. The van der Waals surface area contributed by atoms with Crippen molar-refractivity contribution in [1.82, 2.24) is 15.1 Å². The molecule has 5 nitrogen and oxygen atoms in total. The van der Waals surface area contributed by atoms with Crippen molar-refractivity contribution in [3.05, 3.63) is 41.2 Å². The predicted molar refractivity (Wildman–Crippen MR) is 121 cm³/mol. The summed E-state index contributed by atoms with van der Waals surface area (Å²) < 4.78 is 61.4. The SMILES string of the molecule is Cc1ccc(-c2cc(C(F)(F)F)c(N[C@H]3C[C@@H]4CN(CC5CCOCC5)C[C@@H]4C3)nn2)c(F)c1. The molecule has 3 heterocycles. The van der Waals surface area contributed by atoms with Gasteiger partial charge in [0.2, 0.25) is 0 Å². The highest BCUT2D eigenvalue weighted by Gasteiger charge is 2.43. The minimum absolute atomic E-state index is 0.00941. The molecule has 2 aliphatic heterocycles. The number of benzene rings is 1. The molecule has 1 saturated carbocycles. The van der Waals surface area contributed by atoms with Crippen molar-refractivity contribution in [3.63, 3.8) is 0 Å². The number of anilines is 1. The first-order valence-corrected chi connectivity index (χ1v) is 12.0. The van der Waals surface area contributed by atoms with Gasteiger partial charge in [-0.15, -0.1) is 10.2 Å². The maximum atomic E-state index is 14.3. The second-order valence-corrected chi connectivity index (χ2v) is 10.1. The minimum Gasteiger partial charge on any atom is -0.381 e. The molecule has 1 aromatic heterocycles. The third kappa shape index (κ3) is 5.05. The van der Waals surface area contributed by atoms with Gasteiger partial charge >= 0.3 is 6.18 Å². The largest absolute Gasteiger partial charge is 0.420 e. The molecule has 0 amide bonds. The number of fused-ring (bicyclic) bond motifs is 1. The van der Waals surface area contributed by atoms with Crippen LogP contribution >= 0.6 is 0 Å². The molecule has 2 saturated heterocycles. The summed E-state index contributed by atoms with van der Waals surface area (Å²) in [6.45, 7) is 6.50. The number of ether oxygens (including phenoxy) is 1. The summed E-state index contributed by atoms with van der Waals surface area (Å²) in [5.74, 6) is 0.772. The maximum absolute atomic E-state index is 14.3. The second-order valence-electron chi connectivity index (χ2n) is 10.1. The first kappa shape index (κ1) is 23.5. The lowest BCUT2D eigenvalue weighted by atomic mass is 10.00. The van der Waals surface area contributed by atoms with E-state index in [2.05, 4.69) is 20.4 Å². The van der Waals surface area contributed by atoms with Gasteiger partial charge in [0.25, 0.3) is 0 Å². The van der Waals surface area contributed by atoms with Gasteiger partial charge in [-0.05, 0) is 74.1 Å². The van der Waals surface area contributed by atoms with E-state index in [4.69, 9.17) is 4.74 Å². The molecule has 0 bridgehead atoms. The van der Waals surface area contributed by atoms with Crippen LogP contribution in [-0.2, 0) is 10.9 Å². The van der Waals surface area contributed by atoms with Gasteiger partial charge in [0.1, 0.15) is 11.4 Å². The maximum Gasteiger partial charge on any atom is 0.420 e. The average Bonchev–Trinajstić information content (AvgIpc) is 3.32. The van der Waals surface area contributed by atoms with Crippen LogP contribution in [0.4, 0.5) is 23.4 Å². The molecule has 5 rings (SSSR count). The molecule has 1 aromatic carbocycles. The van der Waals surface area contributed by atoms with E-state index in [1.165, 1.54) is 12.1 Å². The van der Waals surface area contributed by atoms with Gasteiger partial charge in [0.05, 0.1) is 5.69 Å². The lowest BCUT2D eigenvalue weighted by molar-refractivity contribution is -0.137. The van der Waals surface area contributed by atoms with E-state index in [1.54, 1.807) is 13.0 Å². The number of nitrogens with one attached hydrogen (secondary N) is 1. The summed E-state index contributed by atoms with van der Waals surface area (Å²) in [5, 5.41) is 10.8. The number of alkyl halides is 3. The Balaban J connectivity index is 1.26. The molecule has 184 valence electrons. The number of rotatable bonds is 5. The monoisotopic (exact) mass is 478 g/mol. The highest BCUT2D eigenvalue weighted by molar-refractivity contribution is 5.63. The van der Waals surface area contributed by atoms with Crippen molar-refractivity contribution in [2.24, 2.45) is 17.8 Å². The Labute approximate surface area is 196 Å². The Morgan fingerprint density at radius 3 is 2.41 bits per heavy atom. The summed E-state index contributed by atoms with van der Waals surface area (Å²) in [6.07, 6.45) is -0.761. The van der Waals surface area contributed by atoms with E-state index < -0.39 is 17.6 Å². The Hall–Kier alpha value is -2.26. The van der Waals surface area contributed by atoms with Crippen LogP contribution in [0.1, 0.15) is 36.8 Å². The number of hydrogen-bond acceptors (Lipinski definition) is 5. The van der Waals surface area contributed by atoms with Crippen LogP contribution in [-0.4, -0.2) is 54.0 Å². The topological polar surface area (TPSA) is 50.3 Å². The summed E-state index contributed by atoms with van der Waals surface area (Å²) in [7, 11) is 0. The first-order chi connectivity index (χ1) is 16.3. The molecule has 3 fully saturated rings. The van der Waals surface area contributed by atoms with E-state index in [0.717, 1.165) is 64.6 Å². The summed E-state index contributed by atoms with van der Waals surface area (Å²) in [6, 6.07) is 5.18. The van der Waals surface area contributed by atoms with Crippen molar-refractivity contribution >= 4 is 5.82 Å². The lowest BCUT2D eigenvalue weighted by Crippen LogP contribution is -2.32. The normalized spacial score (nSPS) is 26.1. The highest BCUT2D eigenvalue weighted by atomic mass is 19.4. The molecule has 3 aliphatic rings. The number of nitrogens with zero attached hydrogens (tertiary/aromatic N) is 3. The predicted octanol–water partition coefficient (Wildman–Crippen LogP) is 5.16. The van der Waals surface area contributed by atoms with Crippen LogP contribution in [0.15, 0.2) is 24.3 Å². The van der Waals surface area contributed by atoms with E-state index in [0.29, 0.717) is 23.3 Å². The molecule has 34 heavy (non-hydrogen) atoms. The van der Waals surface area contributed by atoms with Crippen LogP contribution in [0.25, 0.3) is 11.3 Å². The Kier molecular flexibility index (Phi) is 6.50. The third-order valence-electron chi connectivity index (χ3n) is 7.52. The molecule has 3 atom stereocenters. The van der Waals surface area contributed by atoms with Crippen LogP contribution in [0, 0.1) is 30.5 Å². The van der Waals surface area contributed by atoms with E-state index >= 15 is 0 Å². The quantitative estimate of drug-likeness (QED) is 0.602. The summed E-state index contributed by atoms with van der Waals surface area (Å²) in [4.78, 5) is 2.52. The molecular formula is C25H30F4N4O. The zero-order valence-electron chi connectivity index (χ0n) is 19.2. The van der Waals surface area contributed by atoms with Crippen molar-refractivity contribution in [3.8, 4) is 11.3 Å². The summed E-state index contributed by atoms with van der Waals surface area (Å²) >= 11 is 0. The van der Waals surface area contributed by atoms with Gasteiger partial charge < -0.3 is 15.0 Å². The second kappa shape index (κ2) is 9.41. The first-order valence-electron chi connectivity index (χ1n) is 12.0. The van der Waals surface area contributed by atoms with Gasteiger partial charge in [0, 0.05) is 44.5 Å². The van der Waals surface area contributed by atoms with E-state index in [9.17, 15) is 17.6 Å². The fourth-order valence-electron chi connectivity index (χ4n) is 5.83. The molecule has 0 radical (unpaired) electrons. The fraction of sp³-hybridized carbons (Fsp3) is 0.600. The average molecular weight is 479 g/mol. The van der Waals surface area contributed by atoms with Gasteiger partial charge in [0.15, 0.2) is 5.82 Å². The Morgan fingerprint density at radius 2 is 1.76 bits per heavy atom. The van der Waals surface area contributed by atoms with Gasteiger partial charge in [-0.2, -0.15) is 13.2 Å². The van der Waals surface area contributed by atoms with Crippen LogP contribution < -0.4 is 5.32 Å². The molecular weight excluding hydrogens is 448 g/mol. The van der Waals surface area contributed by atoms with Crippen LogP contribution in [0.3, 0.4) is 0 Å². The highest BCUT2D eigenvalue weighted by Crippen LogP contribution is 2.42. The van der Waals surface area contributed by atoms with Gasteiger partial charge in [-0.3, -0.25) is 0 Å². The van der Waals surface area contributed by atoms with Crippen molar-refractivity contribution in [2.45, 2.75) is 44.8 Å². The van der Waals surface area contributed by atoms with Gasteiger partial charge in [-0.25, -0.2) is 4.39 Å². The van der Waals surface area contributed by atoms with Crippen molar-refractivity contribution in [1.29, 1.82) is 0 Å². The van der Waals surface area contributed by atoms with Crippen molar-refractivity contribution < 1.29 is 22.3 Å². The van der Waals surface area contributed by atoms with E-state index in [1.807, 2.05) is 0 Å². The molecule has 1 aliphatic carbocycles. The van der Waals surface area contributed by atoms with Gasteiger partial charge in [-0.1, -0.05) is 6.07 Å². The third-order valence-corrected chi connectivity index (χ3v) is 7.52. The minimum atomic E-state index is -4.62. The number of aromatic nitrogens is 2. The fourth-order valence-corrected chi connectivity index (χ4v) is 5.83. The number of hydrogen-bond donors (Lipinski definition) is 1. The van der Waals surface area contributed by atoms with Crippen LogP contribution in [0.2, 0.25) is 0 Å². The van der Waals surface area contributed by atoms with Crippen LogP contribution in [0.5, 0.6) is 0 Å². The van der Waals surface area contributed by atoms with E-state index in [-0.39, 0.29) is 23.1 Å². The molecule has 9 heteroatoms. The molecule has 0 unspecified atom stereocenters. The number of likely N-dealkylation sites (tertiary alicyclic amines) is 1. The zero-order valence-corrected chi connectivity index (χ0v) is 19.2. The molecule has 1 N–H and O–H groups in total. The zero-order chi connectivity index (χ0) is 23.9. The standard InChI is InChI=1S/C25H30F4N4O/c1-15-2-3-20(22(26)8-15)23-11-21(25(27,28)29)24(32-31-23)30-19-9-17-13-33(14-18(17)10-19)12-16-4-6-34-7-5-16/h2-3,8,11,16-19H,4-7,9-10,12-14H2,1H3,(H,30,32)/t17-,18+,19+. The van der Waals surface area contributed by atoms with Crippen molar-refractivity contribution in [2.75, 3.05) is 38.2 Å². The lowest BCUT2D eigenvalue weighted by Gasteiger charge is -2.28.